The van der Waals surface area contributed by atoms with E-state index in [1.165, 1.54) is 5.56 Å². The molecule has 1 aliphatic rings. The quantitative estimate of drug-likeness (QED) is 0.873. The fraction of sp³-hybridized carbons (Fsp3) is 0.500. The first-order valence-electron chi connectivity index (χ1n) is 6.22. The number of aryl methyl sites for hydroxylation is 1. The molecule has 1 aliphatic heterocycles. The van der Waals surface area contributed by atoms with Crippen LogP contribution in [0.3, 0.4) is 0 Å². The lowest BCUT2D eigenvalue weighted by Crippen LogP contribution is -2.43. The van der Waals surface area contributed by atoms with Crippen LogP contribution in [0.1, 0.15) is 5.56 Å². The van der Waals surface area contributed by atoms with Crippen LogP contribution in [-0.4, -0.2) is 39.3 Å². The standard InChI is InChI=1S/C14H20N2O2/c1-10-4-6-11(7-5-10)16(3)14(17)12-8-18-9-13(12)15-2/h4-7,12-13,15H,8-9H2,1-3H3. The predicted octanol–water partition coefficient (Wildman–Crippen LogP) is 1.19. The van der Waals surface area contributed by atoms with Gasteiger partial charge in [0, 0.05) is 18.8 Å². The van der Waals surface area contributed by atoms with E-state index in [0.29, 0.717) is 13.2 Å². The number of nitrogens with zero attached hydrogens (tertiary/aromatic N) is 1. The van der Waals surface area contributed by atoms with E-state index in [9.17, 15) is 4.79 Å². The number of carbonyl (C=O) groups is 1. The van der Waals surface area contributed by atoms with Crippen molar-refractivity contribution in [1.82, 2.24) is 5.32 Å². The Morgan fingerprint density at radius 2 is 2.00 bits per heavy atom. The molecule has 1 aromatic carbocycles. The van der Waals surface area contributed by atoms with Crippen molar-refractivity contribution >= 4 is 11.6 Å². The van der Waals surface area contributed by atoms with Crippen molar-refractivity contribution in [2.45, 2.75) is 13.0 Å². The minimum atomic E-state index is -0.0960. The van der Waals surface area contributed by atoms with Crippen molar-refractivity contribution in [3.63, 3.8) is 0 Å². The fourth-order valence-electron chi connectivity index (χ4n) is 2.23. The normalized spacial score (nSPS) is 23.1. The summed E-state index contributed by atoms with van der Waals surface area (Å²) in [6.45, 7) is 3.14. The molecule has 0 aliphatic carbocycles. The molecule has 4 heteroatoms. The number of benzene rings is 1. The third kappa shape index (κ3) is 2.54. The van der Waals surface area contributed by atoms with Gasteiger partial charge in [-0.15, -0.1) is 0 Å². The molecule has 1 saturated heterocycles. The molecule has 1 fully saturated rings. The van der Waals surface area contributed by atoms with Crippen molar-refractivity contribution in [3.8, 4) is 0 Å². The Bertz CT molecular complexity index is 416. The van der Waals surface area contributed by atoms with Crippen molar-refractivity contribution < 1.29 is 9.53 Å². The van der Waals surface area contributed by atoms with Crippen LogP contribution in [0.2, 0.25) is 0 Å². The van der Waals surface area contributed by atoms with Crippen LogP contribution < -0.4 is 10.2 Å². The maximum absolute atomic E-state index is 12.4. The van der Waals surface area contributed by atoms with Crippen LogP contribution in [0.25, 0.3) is 0 Å². The second-order valence-corrected chi connectivity index (χ2v) is 4.77. The highest BCUT2D eigenvalue weighted by Crippen LogP contribution is 2.20. The summed E-state index contributed by atoms with van der Waals surface area (Å²) in [6, 6.07) is 8.08. The van der Waals surface area contributed by atoms with Crippen LogP contribution in [0.15, 0.2) is 24.3 Å². The van der Waals surface area contributed by atoms with Gasteiger partial charge in [-0.2, -0.15) is 0 Å². The van der Waals surface area contributed by atoms with Gasteiger partial charge < -0.3 is 15.0 Å². The van der Waals surface area contributed by atoms with Gasteiger partial charge in [-0.3, -0.25) is 4.79 Å². The van der Waals surface area contributed by atoms with E-state index in [1.807, 2.05) is 45.3 Å². The van der Waals surface area contributed by atoms with Crippen LogP contribution in [0, 0.1) is 12.8 Å². The molecule has 2 atom stereocenters. The fourth-order valence-corrected chi connectivity index (χ4v) is 2.23. The van der Waals surface area contributed by atoms with E-state index >= 15 is 0 Å². The van der Waals surface area contributed by atoms with E-state index in [4.69, 9.17) is 4.74 Å². The zero-order chi connectivity index (χ0) is 13.1. The Balaban J connectivity index is 2.11. The highest BCUT2D eigenvalue weighted by Gasteiger charge is 2.35. The number of amides is 1. The van der Waals surface area contributed by atoms with Crippen molar-refractivity contribution in [2.24, 2.45) is 5.92 Å². The molecule has 0 spiro atoms. The average Bonchev–Trinajstić information content (AvgIpc) is 2.86. The molecule has 1 heterocycles. The van der Waals surface area contributed by atoms with Crippen LogP contribution in [0.5, 0.6) is 0 Å². The molecule has 2 rings (SSSR count). The second-order valence-electron chi connectivity index (χ2n) is 4.77. The van der Waals surface area contributed by atoms with Crippen molar-refractivity contribution in [3.05, 3.63) is 29.8 Å². The maximum Gasteiger partial charge on any atom is 0.233 e. The highest BCUT2D eigenvalue weighted by atomic mass is 16.5. The van der Waals surface area contributed by atoms with E-state index in [2.05, 4.69) is 5.32 Å². The summed E-state index contributed by atoms with van der Waals surface area (Å²) in [5, 5.41) is 3.14. The second kappa shape index (κ2) is 5.50. The topological polar surface area (TPSA) is 41.6 Å². The number of carbonyl (C=O) groups excluding carboxylic acids is 1. The van der Waals surface area contributed by atoms with E-state index in [-0.39, 0.29) is 17.9 Å². The zero-order valence-electron chi connectivity index (χ0n) is 11.1. The lowest BCUT2D eigenvalue weighted by Gasteiger charge is -2.23. The summed E-state index contributed by atoms with van der Waals surface area (Å²) in [6.07, 6.45) is 0. The smallest absolute Gasteiger partial charge is 0.233 e. The van der Waals surface area contributed by atoms with Gasteiger partial charge in [0.25, 0.3) is 0 Å². The average molecular weight is 248 g/mol. The van der Waals surface area contributed by atoms with Gasteiger partial charge >= 0.3 is 0 Å². The summed E-state index contributed by atoms with van der Waals surface area (Å²) in [5.41, 5.74) is 2.12. The van der Waals surface area contributed by atoms with Gasteiger partial charge in [0.2, 0.25) is 5.91 Å². The van der Waals surface area contributed by atoms with E-state index < -0.39 is 0 Å². The van der Waals surface area contributed by atoms with Gasteiger partial charge in [-0.05, 0) is 26.1 Å². The molecule has 18 heavy (non-hydrogen) atoms. The van der Waals surface area contributed by atoms with Gasteiger partial charge in [0.15, 0.2) is 0 Å². The molecule has 0 bridgehead atoms. The number of rotatable bonds is 3. The first kappa shape index (κ1) is 13.1. The van der Waals surface area contributed by atoms with E-state index in [1.54, 1.807) is 4.90 Å². The van der Waals surface area contributed by atoms with Crippen LogP contribution >= 0.6 is 0 Å². The van der Waals surface area contributed by atoms with Crippen LogP contribution in [0.4, 0.5) is 5.69 Å². The number of ether oxygens (including phenoxy) is 1. The number of likely N-dealkylation sites (N-methyl/N-ethyl adjacent to an activating group) is 1. The van der Waals surface area contributed by atoms with E-state index in [0.717, 1.165) is 5.69 Å². The lowest BCUT2D eigenvalue weighted by molar-refractivity contribution is -0.122. The lowest BCUT2D eigenvalue weighted by atomic mass is 10.0. The summed E-state index contributed by atoms with van der Waals surface area (Å²) in [5.74, 6) is 0.0111. The third-order valence-corrected chi connectivity index (χ3v) is 3.52. The molecule has 2 unspecified atom stereocenters. The molecule has 0 aromatic heterocycles. The Hall–Kier alpha value is -1.39. The number of hydrogen-bond acceptors (Lipinski definition) is 3. The minimum absolute atomic E-state index is 0.0960. The largest absolute Gasteiger partial charge is 0.379 e. The SMILES string of the molecule is CNC1COCC1C(=O)N(C)c1ccc(C)cc1. The Kier molecular flexibility index (Phi) is 3.99. The highest BCUT2D eigenvalue weighted by molar-refractivity contribution is 5.95. The summed E-state index contributed by atoms with van der Waals surface area (Å²) >= 11 is 0. The zero-order valence-corrected chi connectivity index (χ0v) is 11.1. The molecule has 0 saturated carbocycles. The monoisotopic (exact) mass is 248 g/mol. The maximum atomic E-state index is 12.4. The summed E-state index contributed by atoms with van der Waals surface area (Å²) in [7, 11) is 3.68. The molecule has 1 aromatic rings. The summed E-state index contributed by atoms with van der Waals surface area (Å²) in [4.78, 5) is 14.1. The third-order valence-electron chi connectivity index (χ3n) is 3.52. The molecule has 98 valence electrons. The minimum Gasteiger partial charge on any atom is -0.379 e. The molecule has 1 N–H and O–H groups in total. The first-order chi connectivity index (χ1) is 8.63. The van der Waals surface area contributed by atoms with Gasteiger partial charge in [-0.1, -0.05) is 17.7 Å². The molecular weight excluding hydrogens is 228 g/mol. The number of anilines is 1. The molecule has 4 nitrogen and oxygen atoms in total. The molecule has 0 radical (unpaired) electrons. The first-order valence-corrected chi connectivity index (χ1v) is 6.22. The van der Waals surface area contributed by atoms with Crippen molar-refractivity contribution in [2.75, 3.05) is 32.2 Å². The number of nitrogens with one attached hydrogen (secondary N) is 1. The number of hydrogen-bond donors (Lipinski definition) is 1. The molecule has 1 amide bonds. The van der Waals surface area contributed by atoms with Gasteiger partial charge in [-0.25, -0.2) is 0 Å². The van der Waals surface area contributed by atoms with Gasteiger partial charge in [0.05, 0.1) is 19.1 Å². The summed E-state index contributed by atoms with van der Waals surface area (Å²) < 4.78 is 5.38. The van der Waals surface area contributed by atoms with Crippen LogP contribution in [-0.2, 0) is 9.53 Å². The molecular formula is C14H20N2O2. The Morgan fingerprint density at radius 1 is 1.33 bits per heavy atom. The Morgan fingerprint density at radius 3 is 2.61 bits per heavy atom. The van der Waals surface area contributed by atoms with Gasteiger partial charge in [0.1, 0.15) is 0 Å². The Labute approximate surface area is 108 Å². The van der Waals surface area contributed by atoms with Crippen molar-refractivity contribution in [1.29, 1.82) is 0 Å². The predicted molar refractivity (Wildman–Crippen MR) is 71.7 cm³/mol.